The molecule has 4 aromatic heterocycles. The summed E-state index contributed by atoms with van der Waals surface area (Å²) < 4.78 is 13.7. The molecular weight excluding hydrogens is 496 g/mol. The van der Waals surface area contributed by atoms with Crippen LogP contribution in [-0.2, 0) is 21.7 Å². The van der Waals surface area contributed by atoms with Crippen molar-refractivity contribution in [2.75, 3.05) is 0 Å². The van der Waals surface area contributed by atoms with E-state index in [9.17, 15) is 0 Å². The molecule has 200 valence electrons. The molecule has 0 amide bonds. The zero-order valence-electron chi connectivity index (χ0n) is 23.5. The Morgan fingerprint density at radius 3 is 1.50 bits per heavy atom. The lowest BCUT2D eigenvalue weighted by atomic mass is 9.96. The fourth-order valence-corrected chi connectivity index (χ4v) is 3.26. The highest BCUT2D eigenvalue weighted by Gasteiger charge is 2.19. The molecule has 4 rings (SSSR count). The second-order valence-electron chi connectivity index (χ2n) is 12.0. The molecule has 0 saturated heterocycles. The van der Waals surface area contributed by atoms with Crippen LogP contribution in [0.5, 0.6) is 0 Å². The Morgan fingerprint density at radius 1 is 0.639 bits per heavy atom. The zero-order chi connectivity index (χ0) is 27.6. The summed E-state index contributed by atoms with van der Waals surface area (Å²) in [7, 11) is 0. The minimum Gasteiger partial charge on any atom is -0.427 e. The summed E-state index contributed by atoms with van der Waals surface area (Å²) in [5, 5.41) is 19.9. The van der Waals surface area contributed by atoms with Gasteiger partial charge >= 0.3 is 0 Å². The van der Waals surface area contributed by atoms with Crippen molar-refractivity contribution in [3.8, 4) is 0 Å². The summed E-state index contributed by atoms with van der Waals surface area (Å²) in [6, 6.07) is 0. The van der Waals surface area contributed by atoms with Crippen molar-refractivity contribution in [3.05, 3.63) is 46.4 Å². The number of hydrogen-bond donors (Lipinski definition) is 0. The molecule has 0 bridgehead atoms. The molecule has 12 heteroatoms. The van der Waals surface area contributed by atoms with Gasteiger partial charge in [-0.25, -0.2) is 4.98 Å². The molecule has 0 radical (unpaired) electrons. The van der Waals surface area contributed by atoms with E-state index in [1.54, 1.807) is 22.4 Å². The number of aromatic nitrogens is 8. The highest BCUT2D eigenvalue weighted by atomic mass is 32.1. The fraction of sp³-hybridized carbons (Fsp3) is 0.667. The Labute approximate surface area is 222 Å². The van der Waals surface area contributed by atoms with Crippen LogP contribution in [-0.4, -0.2) is 39.9 Å². The molecule has 10 nitrogen and oxygen atoms in total. The highest BCUT2D eigenvalue weighted by Crippen LogP contribution is 2.22. The molecule has 0 aliphatic carbocycles. The Balaban J connectivity index is 0.000000240. The number of hydrogen-bond acceptors (Lipinski definition) is 12. The third-order valence-electron chi connectivity index (χ3n) is 4.07. The normalized spacial score (nSPS) is 11.9. The SMILES string of the molecule is CC(C)(C)c1ncon1.CC(C)(C)c1ncsn1.CC(C)(C)c1nnco1.CC(C)(C)c1nncs1. The summed E-state index contributed by atoms with van der Waals surface area (Å²) in [6.07, 6.45) is 2.70. The topological polar surface area (TPSA) is 129 Å². The summed E-state index contributed by atoms with van der Waals surface area (Å²) in [5.74, 6) is 2.37. The molecule has 0 fully saturated rings. The van der Waals surface area contributed by atoms with Crippen molar-refractivity contribution in [3.63, 3.8) is 0 Å². The number of nitrogens with zero attached hydrogens (tertiary/aromatic N) is 8. The monoisotopic (exact) mass is 536 g/mol. The molecular formula is C24H40N8O2S2. The first kappa shape index (κ1) is 31.4. The largest absolute Gasteiger partial charge is 0.427 e. The van der Waals surface area contributed by atoms with E-state index < -0.39 is 0 Å². The van der Waals surface area contributed by atoms with E-state index >= 15 is 0 Å². The third-order valence-corrected chi connectivity index (χ3v) is 5.66. The van der Waals surface area contributed by atoms with Gasteiger partial charge in [0.05, 0.1) is 0 Å². The van der Waals surface area contributed by atoms with Gasteiger partial charge in [0.25, 0.3) is 0 Å². The Morgan fingerprint density at radius 2 is 1.28 bits per heavy atom. The second kappa shape index (κ2) is 13.1. The lowest BCUT2D eigenvalue weighted by molar-refractivity contribution is 0.392. The second-order valence-corrected chi connectivity index (χ2v) is 13.4. The summed E-state index contributed by atoms with van der Waals surface area (Å²) in [5.41, 5.74) is 3.80. The van der Waals surface area contributed by atoms with Crippen LogP contribution in [0.2, 0.25) is 0 Å². The Hall–Kier alpha value is -2.60. The first-order valence-corrected chi connectivity index (χ1v) is 13.2. The maximum absolute atomic E-state index is 4.98. The zero-order valence-corrected chi connectivity index (χ0v) is 25.2. The van der Waals surface area contributed by atoms with Gasteiger partial charge in [-0.2, -0.15) is 9.36 Å². The molecule has 36 heavy (non-hydrogen) atoms. The average molecular weight is 537 g/mol. The van der Waals surface area contributed by atoms with Crippen molar-refractivity contribution in [1.29, 1.82) is 0 Å². The van der Waals surface area contributed by atoms with E-state index in [4.69, 9.17) is 4.42 Å². The van der Waals surface area contributed by atoms with Crippen molar-refractivity contribution < 1.29 is 8.94 Å². The first-order chi connectivity index (χ1) is 16.4. The van der Waals surface area contributed by atoms with Gasteiger partial charge in [-0.05, 0) is 11.5 Å². The molecule has 4 aromatic rings. The average Bonchev–Trinajstić information content (AvgIpc) is 3.57. The van der Waals surface area contributed by atoms with E-state index in [1.807, 2.05) is 41.5 Å². The van der Waals surface area contributed by atoms with Crippen LogP contribution in [0.15, 0.2) is 32.7 Å². The van der Waals surface area contributed by atoms with Gasteiger partial charge in [-0.15, -0.1) is 31.7 Å². The summed E-state index contributed by atoms with van der Waals surface area (Å²) in [6.45, 7) is 24.9. The summed E-state index contributed by atoms with van der Waals surface area (Å²) >= 11 is 3.01. The van der Waals surface area contributed by atoms with Gasteiger partial charge in [0, 0.05) is 21.7 Å². The van der Waals surface area contributed by atoms with Crippen LogP contribution in [0.25, 0.3) is 0 Å². The van der Waals surface area contributed by atoms with Crippen LogP contribution in [0.4, 0.5) is 0 Å². The van der Waals surface area contributed by atoms with Gasteiger partial charge in [0.1, 0.15) is 21.9 Å². The maximum Gasteiger partial charge on any atom is 0.221 e. The minimum atomic E-state index is -0.0174. The van der Waals surface area contributed by atoms with E-state index in [1.165, 1.54) is 24.3 Å². The van der Waals surface area contributed by atoms with Gasteiger partial charge in [-0.3, -0.25) is 0 Å². The van der Waals surface area contributed by atoms with Crippen LogP contribution < -0.4 is 0 Å². The molecule has 0 aliphatic rings. The van der Waals surface area contributed by atoms with E-state index in [-0.39, 0.29) is 21.7 Å². The Bertz CT molecular complexity index is 875. The lowest BCUT2D eigenvalue weighted by Gasteiger charge is -2.11. The van der Waals surface area contributed by atoms with E-state index in [0.29, 0.717) is 5.89 Å². The van der Waals surface area contributed by atoms with Crippen LogP contribution in [0.3, 0.4) is 0 Å². The molecule has 0 aliphatic heterocycles. The van der Waals surface area contributed by atoms with E-state index in [0.717, 1.165) is 16.7 Å². The van der Waals surface area contributed by atoms with Crippen molar-refractivity contribution in [1.82, 2.24) is 39.9 Å². The standard InChI is InChI=1S/2C6H10N2O.2C6H10N2S/c1-6(2,3)5-8-7-4-9-5;1-6(2,3)5-7-4-9-8-5;1-6(2,3)5-8-7-4-9-5;1-6(2,3)5-7-4-9-8-5/h4*4H,1-3H3. The van der Waals surface area contributed by atoms with E-state index in [2.05, 4.69) is 86.0 Å². The van der Waals surface area contributed by atoms with Gasteiger partial charge in [0.15, 0.2) is 5.82 Å². The molecule has 0 unspecified atom stereocenters. The predicted octanol–water partition coefficient (Wildman–Crippen LogP) is 6.41. The van der Waals surface area contributed by atoms with Crippen LogP contribution in [0.1, 0.15) is 106 Å². The van der Waals surface area contributed by atoms with Gasteiger partial charge in [0.2, 0.25) is 18.7 Å². The van der Waals surface area contributed by atoms with Crippen molar-refractivity contribution in [2.24, 2.45) is 0 Å². The molecule has 0 atom stereocenters. The summed E-state index contributed by atoms with van der Waals surface area (Å²) in [4.78, 5) is 8.00. The van der Waals surface area contributed by atoms with Crippen molar-refractivity contribution >= 4 is 22.9 Å². The smallest absolute Gasteiger partial charge is 0.221 e. The van der Waals surface area contributed by atoms with Gasteiger partial charge in [-0.1, -0.05) is 88.2 Å². The van der Waals surface area contributed by atoms with Crippen LogP contribution >= 0.6 is 22.9 Å². The third kappa shape index (κ3) is 11.9. The lowest BCUT2D eigenvalue weighted by Crippen LogP contribution is -2.12. The first-order valence-electron chi connectivity index (χ1n) is 11.5. The maximum atomic E-state index is 4.98. The molecule has 0 saturated carbocycles. The van der Waals surface area contributed by atoms with Crippen molar-refractivity contribution in [2.45, 2.75) is 105 Å². The fourth-order valence-electron chi connectivity index (χ4n) is 2.00. The molecule has 0 aromatic carbocycles. The highest BCUT2D eigenvalue weighted by molar-refractivity contribution is 7.09. The minimum absolute atomic E-state index is 0.00694. The van der Waals surface area contributed by atoms with Gasteiger partial charge < -0.3 is 8.94 Å². The molecule has 0 spiro atoms. The van der Waals surface area contributed by atoms with Crippen LogP contribution in [0, 0.1) is 0 Å². The Kier molecular flexibility index (Phi) is 11.4. The quantitative estimate of drug-likeness (QED) is 0.248. The predicted molar refractivity (Wildman–Crippen MR) is 143 cm³/mol. The number of rotatable bonds is 0. The molecule has 4 heterocycles. The molecule has 0 N–H and O–H groups in total.